The van der Waals surface area contributed by atoms with Gasteiger partial charge in [-0.1, -0.05) is 45.4 Å². The zero-order valence-electron chi connectivity index (χ0n) is 13.4. The molecule has 3 atom stereocenters. The van der Waals surface area contributed by atoms with E-state index in [9.17, 15) is 0 Å². The molecule has 1 aromatic carbocycles. The van der Waals surface area contributed by atoms with Gasteiger partial charge in [-0.05, 0) is 43.2 Å². The van der Waals surface area contributed by atoms with Gasteiger partial charge in [0.1, 0.15) is 11.3 Å². The van der Waals surface area contributed by atoms with Crippen LogP contribution < -0.4 is 0 Å². The quantitative estimate of drug-likeness (QED) is 0.614. The van der Waals surface area contributed by atoms with Crippen LogP contribution in [0, 0.1) is 18.8 Å². The highest BCUT2D eigenvalue weighted by Crippen LogP contribution is 2.45. The lowest BCUT2D eigenvalue weighted by molar-refractivity contribution is 0.187. The highest BCUT2D eigenvalue weighted by atomic mass is 35.5. The van der Waals surface area contributed by atoms with E-state index in [4.69, 9.17) is 16.0 Å². The number of hydrogen-bond donors (Lipinski definition) is 0. The summed E-state index contributed by atoms with van der Waals surface area (Å²) >= 11 is 6.70. The van der Waals surface area contributed by atoms with Gasteiger partial charge in [0, 0.05) is 16.2 Å². The Balaban J connectivity index is 1.97. The minimum Gasteiger partial charge on any atom is -0.460 e. The number of benzene rings is 1. The van der Waals surface area contributed by atoms with Crippen LogP contribution in [0.3, 0.4) is 0 Å². The number of rotatable bonds is 2. The highest BCUT2D eigenvalue weighted by Gasteiger charge is 2.41. The SMILES string of the molecule is Cc1cccc2cc(C(C)(C)C3CCC(C)CC3Cl)oc12. The molecule has 114 valence electrons. The van der Waals surface area contributed by atoms with E-state index in [1.807, 2.05) is 0 Å². The predicted octanol–water partition coefficient (Wildman–Crippen LogP) is 6.06. The molecule has 0 aliphatic heterocycles. The molecule has 1 saturated carbocycles. The topological polar surface area (TPSA) is 13.1 Å². The molecular formula is C19H25ClO. The lowest BCUT2D eigenvalue weighted by Crippen LogP contribution is -2.38. The third-order valence-electron chi connectivity index (χ3n) is 5.34. The number of hydrogen-bond acceptors (Lipinski definition) is 1. The molecule has 0 saturated heterocycles. The van der Waals surface area contributed by atoms with Crippen molar-refractivity contribution in [1.82, 2.24) is 0 Å². The Morgan fingerprint density at radius 3 is 2.67 bits per heavy atom. The predicted molar refractivity (Wildman–Crippen MR) is 90.1 cm³/mol. The molecule has 21 heavy (non-hydrogen) atoms. The lowest BCUT2D eigenvalue weighted by atomic mass is 9.67. The first-order chi connectivity index (χ1) is 9.89. The molecule has 3 rings (SSSR count). The van der Waals surface area contributed by atoms with Crippen molar-refractivity contribution in [3.63, 3.8) is 0 Å². The van der Waals surface area contributed by atoms with Gasteiger partial charge >= 0.3 is 0 Å². The van der Waals surface area contributed by atoms with Crippen LogP contribution in [0.1, 0.15) is 51.4 Å². The fourth-order valence-corrected chi connectivity index (χ4v) is 4.58. The average Bonchev–Trinajstić information content (AvgIpc) is 2.84. The van der Waals surface area contributed by atoms with E-state index in [0.29, 0.717) is 5.92 Å². The first-order valence-electron chi connectivity index (χ1n) is 8.03. The van der Waals surface area contributed by atoms with Crippen LogP contribution in [0.15, 0.2) is 28.7 Å². The maximum absolute atomic E-state index is 6.70. The lowest BCUT2D eigenvalue weighted by Gasteiger charge is -2.40. The van der Waals surface area contributed by atoms with Crippen molar-refractivity contribution in [2.75, 3.05) is 0 Å². The molecule has 0 bridgehead atoms. The standard InChI is InChI=1S/C19H25ClO/c1-12-8-9-15(16(20)10-12)19(3,4)17-11-14-7-5-6-13(2)18(14)21-17/h5-7,11-12,15-16H,8-10H2,1-4H3. The number of para-hydroxylation sites is 1. The maximum Gasteiger partial charge on any atom is 0.137 e. The molecular weight excluding hydrogens is 280 g/mol. The summed E-state index contributed by atoms with van der Waals surface area (Å²) in [6.45, 7) is 8.99. The van der Waals surface area contributed by atoms with Crippen LogP contribution >= 0.6 is 11.6 Å². The van der Waals surface area contributed by atoms with Crippen molar-refractivity contribution in [3.8, 4) is 0 Å². The second kappa shape index (κ2) is 5.35. The third-order valence-corrected chi connectivity index (χ3v) is 5.82. The van der Waals surface area contributed by atoms with Gasteiger partial charge in [0.15, 0.2) is 0 Å². The van der Waals surface area contributed by atoms with Crippen LogP contribution in [0.5, 0.6) is 0 Å². The van der Waals surface area contributed by atoms with Gasteiger partial charge in [0.25, 0.3) is 0 Å². The molecule has 1 nitrogen and oxygen atoms in total. The molecule has 1 aliphatic rings. The first-order valence-corrected chi connectivity index (χ1v) is 8.47. The van der Waals surface area contributed by atoms with Crippen molar-refractivity contribution in [2.45, 2.75) is 57.7 Å². The third kappa shape index (κ3) is 2.61. The zero-order chi connectivity index (χ0) is 15.2. The fraction of sp³-hybridized carbons (Fsp3) is 0.579. The number of furan rings is 1. The normalized spacial score (nSPS) is 27.2. The Hall–Kier alpha value is -0.950. The van der Waals surface area contributed by atoms with Crippen molar-refractivity contribution in [3.05, 3.63) is 35.6 Å². The minimum absolute atomic E-state index is 0.0159. The molecule has 1 aliphatic carbocycles. The maximum atomic E-state index is 6.70. The summed E-state index contributed by atoms with van der Waals surface area (Å²) in [5.41, 5.74) is 2.21. The molecule has 0 N–H and O–H groups in total. The van der Waals surface area contributed by atoms with E-state index in [-0.39, 0.29) is 10.8 Å². The summed E-state index contributed by atoms with van der Waals surface area (Å²) in [6.07, 6.45) is 3.59. The molecule has 0 amide bonds. The van der Waals surface area contributed by atoms with Gasteiger partial charge < -0.3 is 4.42 Å². The molecule has 1 heterocycles. The van der Waals surface area contributed by atoms with Crippen LogP contribution in [-0.4, -0.2) is 5.38 Å². The van der Waals surface area contributed by atoms with Gasteiger partial charge in [0.2, 0.25) is 0 Å². The average molecular weight is 305 g/mol. The number of alkyl halides is 1. The molecule has 2 heteroatoms. The van der Waals surface area contributed by atoms with Gasteiger partial charge in [0.05, 0.1) is 0 Å². The Kier molecular flexibility index (Phi) is 3.81. The van der Waals surface area contributed by atoms with Gasteiger partial charge in [-0.2, -0.15) is 0 Å². The first kappa shape index (κ1) is 15.0. The second-order valence-corrected chi connectivity index (χ2v) is 7.93. The summed E-state index contributed by atoms with van der Waals surface area (Å²) in [6, 6.07) is 8.54. The van der Waals surface area contributed by atoms with E-state index in [1.54, 1.807) is 0 Å². The fourth-order valence-electron chi connectivity index (χ4n) is 3.83. The summed E-state index contributed by atoms with van der Waals surface area (Å²) in [7, 11) is 0. The van der Waals surface area contributed by atoms with Crippen LogP contribution in [0.2, 0.25) is 0 Å². The monoisotopic (exact) mass is 304 g/mol. The van der Waals surface area contributed by atoms with E-state index < -0.39 is 0 Å². The Bertz CT molecular complexity index is 640. The van der Waals surface area contributed by atoms with Crippen molar-refractivity contribution < 1.29 is 4.42 Å². The smallest absolute Gasteiger partial charge is 0.137 e. The van der Waals surface area contributed by atoms with Gasteiger partial charge in [-0.3, -0.25) is 0 Å². The number of halogens is 1. The molecule has 0 radical (unpaired) electrons. The molecule has 1 aromatic heterocycles. The summed E-state index contributed by atoms with van der Waals surface area (Å²) in [4.78, 5) is 0. The molecule has 0 spiro atoms. The molecule has 2 aromatic rings. The second-order valence-electron chi connectivity index (χ2n) is 7.37. The highest BCUT2D eigenvalue weighted by molar-refractivity contribution is 6.20. The minimum atomic E-state index is -0.0159. The molecule has 3 unspecified atom stereocenters. The van der Waals surface area contributed by atoms with Crippen molar-refractivity contribution in [1.29, 1.82) is 0 Å². The summed E-state index contributed by atoms with van der Waals surface area (Å²) in [5, 5.41) is 1.45. The Morgan fingerprint density at radius 1 is 1.24 bits per heavy atom. The Morgan fingerprint density at radius 2 is 2.00 bits per heavy atom. The Labute approximate surface area is 132 Å². The van der Waals surface area contributed by atoms with E-state index in [0.717, 1.165) is 23.7 Å². The summed E-state index contributed by atoms with van der Waals surface area (Å²) in [5.74, 6) is 2.31. The van der Waals surface area contributed by atoms with Crippen LogP contribution in [0.25, 0.3) is 11.0 Å². The zero-order valence-corrected chi connectivity index (χ0v) is 14.2. The van der Waals surface area contributed by atoms with E-state index in [2.05, 4.69) is 52.0 Å². The van der Waals surface area contributed by atoms with Gasteiger partial charge in [-0.25, -0.2) is 0 Å². The number of aryl methyl sites for hydroxylation is 1. The molecule has 1 fully saturated rings. The van der Waals surface area contributed by atoms with E-state index >= 15 is 0 Å². The van der Waals surface area contributed by atoms with Gasteiger partial charge in [-0.15, -0.1) is 11.6 Å². The van der Waals surface area contributed by atoms with Crippen molar-refractivity contribution >= 4 is 22.6 Å². The van der Waals surface area contributed by atoms with Crippen LogP contribution in [-0.2, 0) is 5.41 Å². The van der Waals surface area contributed by atoms with Crippen molar-refractivity contribution in [2.24, 2.45) is 11.8 Å². The summed E-state index contributed by atoms with van der Waals surface area (Å²) < 4.78 is 6.23. The largest absolute Gasteiger partial charge is 0.460 e. The number of fused-ring (bicyclic) bond motifs is 1. The van der Waals surface area contributed by atoms with Crippen LogP contribution in [0.4, 0.5) is 0 Å². The van der Waals surface area contributed by atoms with E-state index in [1.165, 1.54) is 23.8 Å².